The third-order valence-corrected chi connectivity index (χ3v) is 4.68. The number of pyridine rings is 1. The molecule has 0 aliphatic heterocycles. The molecule has 2 heterocycles. The number of aromatic nitrogens is 3. The Morgan fingerprint density at radius 3 is 2.52 bits per heavy atom. The van der Waals surface area contributed by atoms with Gasteiger partial charge in [0.05, 0.1) is 23.3 Å². The Bertz CT molecular complexity index is 736. The molecular formula is C19H30N4O2. The number of carbonyl (C=O) groups excluding carboxylic acids is 1. The van der Waals surface area contributed by atoms with E-state index >= 15 is 0 Å². The van der Waals surface area contributed by atoms with Crippen molar-refractivity contribution in [3.05, 3.63) is 23.5 Å². The minimum atomic E-state index is -0.547. The second kappa shape index (κ2) is 7.95. The van der Waals surface area contributed by atoms with Gasteiger partial charge in [-0.3, -0.25) is 4.79 Å². The van der Waals surface area contributed by atoms with Crippen LogP contribution in [0.2, 0.25) is 0 Å². The van der Waals surface area contributed by atoms with E-state index < -0.39 is 6.10 Å². The maximum absolute atomic E-state index is 12.7. The van der Waals surface area contributed by atoms with Crippen LogP contribution in [0.5, 0.6) is 0 Å². The molecule has 2 N–H and O–H groups in total. The van der Waals surface area contributed by atoms with Gasteiger partial charge < -0.3 is 10.4 Å². The number of nitrogens with zero attached hydrogens (tertiary/aromatic N) is 3. The summed E-state index contributed by atoms with van der Waals surface area (Å²) in [5.74, 6) is 0.157. The highest BCUT2D eigenvalue weighted by Crippen LogP contribution is 2.24. The molecule has 2 aromatic rings. The largest absolute Gasteiger partial charge is 0.391 e. The first-order chi connectivity index (χ1) is 11.8. The highest BCUT2D eigenvalue weighted by molar-refractivity contribution is 6.05. The summed E-state index contributed by atoms with van der Waals surface area (Å²) in [7, 11) is 0. The first kappa shape index (κ1) is 19.4. The molecule has 0 aromatic carbocycles. The number of rotatable bonds is 7. The number of nitrogens with one attached hydrogen (secondary N) is 1. The Kier molecular flexibility index (Phi) is 6.16. The van der Waals surface area contributed by atoms with Gasteiger partial charge >= 0.3 is 0 Å². The van der Waals surface area contributed by atoms with Gasteiger partial charge in [0, 0.05) is 18.3 Å². The lowest BCUT2D eigenvalue weighted by Crippen LogP contribution is -2.35. The third kappa shape index (κ3) is 4.18. The van der Waals surface area contributed by atoms with E-state index in [1.54, 1.807) is 6.20 Å². The fraction of sp³-hybridized carbons (Fsp3) is 0.632. The van der Waals surface area contributed by atoms with Crippen molar-refractivity contribution in [1.29, 1.82) is 0 Å². The lowest BCUT2D eigenvalue weighted by molar-refractivity contribution is 0.0851. The highest BCUT2D eigenvalue weighted by atomic mass is 16.3. The van der Waals surface area contributed by atoms with Crippen LogP contribution in [-0.2, 0) is 0 Å². The minimum absolute atomic E-state index is 0.146. The lowest BCUT2D eigenvalue weighted by atomic mass is 10.0. The van der Waals surface area contributed by atoms with Crippen molar-refractivity contribution in [2.45, 2.75) is 66.0 Å². The molecule has 0 saturated carbocycles. The molecule has 2 unspecified atom stereocenters. The Morgan fingerprint density at radius 2 is 1.96 bits per heavy atom. The van der Waals surface area contributed by atoms with Gasteiger partial charge in [0.15, 0.2) is 5.65 Å². The maximum Gasteiger partial charge on any atom is 0.252 e. The van der Waals surface area contributed by atoms with E-state index in [0.29, 0.717) is 5.56 Å². The van der Waals surface area contributed by atoms with Crippen molar-refractivity contribution in [1.82, 2.24) is 20.1 Å². The smallest absolute Gasteiger partial charge is 0.252 e. The number of aliphatic hydroxyl groups excluding tert-OH is 1. The number of hydrogen-bond acceptors (Lipinski definition) is 4. The zero-order valence-electron chi connectivity index (χ0n) is 16.1. The highest BCUT2D eigenvalue weighted by Gasteiger charge is 2.20. The molecule has 0 radical (unpaired) electrons. The van der Waals surface area contributed by atoms with Crippen LogP contribution < -0.4 is 5.32 Å². The van der Waals surface area contributed by atoms with Gasteiger partial charge in [-0.25, -0.2) is 9.67 Å². The molecule has 138 valence electrons. The maximum atomic E-state index is 12.7. The van der Waals surface area contributed by atoms with Crippen molar-refractivity contribution < 1.29 is 9.90 Å². The van der Waals surface area contributed by atoms with E-state index in [1.807, 2.05) is 38.4 Å². The van der Waals surface area contributed by atoms with Crippen LogP contribution in [-0.4, -0.2) is 38.4 Å². The molecule has 1 amide bonds. The van der Waals surface area contributed by atoms with E-state index in [4.69, 9.17) is 4.98 Å². The van der Waals surface area contributed by atoms with Crippen molar-refractivity contribution in [3.63, 3.8) is 0 Å². The molecular weight excluding hydrogens is 316 g/mol. The molecule has 0 fully saturated rings. The van der Waals surface area contributed by atoms with Crippen molar-refractivity contribution in [3.8, 4) is 0 Å². The Hall–Kier alpha value is -1.95. The zero-order valence-corrected chi connectivity index (χ0v) is 16.1. The summed E-state index contributed by atoms with van der Waals surface area (Å²) in [5, 5.41) is 18.1. The SMILES string of the molecule is CCC(C)C(O)CNC(=O)c1cc(C(C)C)nc2c1cnn2C(C)C. The van der Waals surface area contributed by atoms with Gasteiger partial charge in [0.2, 0.25) is 0 Å². The molecule has 0 spiro atoms. The average molecular weight is 346 g/mol. The van der Waals surface area contributed by atoms with Gasteiger partial charge in [0.25, 0.3) is 5.91 Å². The van der Waals surface area contributed by atoms with Gasteiger partial charge in [-0.05, 0) is 31.7 Å². The van der Waals surface area contributed by atoms with Crippen LogP contribution in [0.3, 0.4) is 0 Å². The molecule has 6 heteroatoms. The van der Waals surface area contributed by atoms with E-state index in [9.17, 15) is 9.90 Å². The van der Waals surface area contributed by atoms with E-state index in [1.165, 1.54) is 0 Å². The molecule has 0 aliphatic rings. The Labute approximate surface area is 149 Å². The zero-order chi connectivity index (χ0) is 18.7. The van der Waals surface area contributed by atoms with E-state index in [0.717, 1.165) is 23.1 Å². The summed E-state index contributed by atoms with van der Waals surface area (Å²) in [6.45, 7) is 12.4. The summed E-state index contributed by atoms with van der Waals surface area (Å²) in [6.07, 6.45) is 2.02. The summed E-state index contributed by atoms with van der Waals surface area (Å²) in [6, 6.07) is 2.00. The van der Waals surface area contributed by atoms with Crippen LogP contribution in [0, 0.1) is 5.92 Å². The Balaban J connectivity index is 2.37. The van der Waals surface area contributed by atoms with Crippen LogP contribution >= 0.6 is 0 Å². The van der Waals surface area contributed by atoms with E-state index in [-0.39, 0.29) is 30.3 Å². The topological polar surface area (TPSA) is 80.0 Å². The predicted molar refractivity (Wildman–Crippen MR) is 99.8 cm³/mol. The fourth-order valence-corrected chi connectivity index (χ4v) is 2.66. The van der Waals surface area contributed by atoms with Gasteiger partial charge in [0.1, 0.15) is 0 Å². The first-order valence-corrected chi connectivity index (χ1v) is 9.10. The number of fused-ring (bicyclic) bond motifs is 1. The molecule has 2 aromatic heterocycles. The quantitative estimate of drug-likeness (QED) is 0.806. The second-order valence-electron chi connectivity index (χ2n) is 7.33. The molecule has 0 aliphatic carbocycles. The molecule has 0 bridgehead atoms. The van der Waals surface area contributed by atoms with Crippen LogP contribution in [0.4, 0.5) is 0 Å². The molecule has 2 rings (SSSR count). The molecule has 2 atom stereocenters. The van der Waals surface area contributed by atoms with Crippen molar-refractivity contribution in [2.24, 2.45) is 5.92 Å². The number of carbonyl (C=O) groups is 1. The standard InChI is InChI=1S/C19H30N4O2/c1-7-13(6)17(24)10-20-19(25)14-8-16(11(2)3)22-18-15(14)9-21-23(18)12(4)5/h8-9,11-13,17,24H,7,10H2,1-6H3,(H,20,25). The van der Waals surface area contributed by atoms with E-state index in [2.05, 4.69) is 24.3 Å². The normalized spacial score (nSPS) is 14.3. The first-order valence-electron chi connectivity index (χ1n) is 9.10. The average Bonchev–Trinajstić information content (AvgIpc) is 3.01. The number of hydrogen-bond donors (Lipinski definition) is 2. The minimum Gasteiger partial charge on any atom is -0.391 e. The van der Waals surface area contributed by atoms with Crippen LogP contribution in [0.15, 0.2) is 12.3 Å². The van der Waals surface area contributed by atoms with Gasteiger partial charge in [-0.1, -0.05) is 34.1 Å². The van der Waals surface area contributed by atoms with Gasteiger partial charge in [-0.2, -0.15) is 5.10 Å². The van der Waals surface area contributed by atoms with Crippen molar-refractivity contribution in [2.75, 3.05) is 6.54 Å². The lowest BCUT2D eigenvalue weighted by Gasteiger charge is -2.18. The molecule has 0 saturated heterocycles. The monoisotopic (exact) mass is 346 g/mol. The second-order valence-corrected chi connectivity index (χ2v) is 7.33. The molecule has 25 heavy (non-hydrogen) atoms. The molecule has 6 nitrogen and oxygen atoms in total. The van der Waals surface area contributed by atoms with Crippen LogP contribution in [0.25, 0.3) is 11.0 Å². The third-order valence-electron chi connectivity index (χ3n) is 4.68. The Morgan fingerprint density at radius 1 is 1.28 bits per heavy atom. The summed E-state index contributed by atoms with van der Waals surface area (Å²) in [4.78, 5) is 17.4. The number of amides is 1. The summed E-state index contributed by atoms with van der Waals surface area (Å²) < 4.78 is 1.84. The fourth-order valence-electron chi connectivity index (χ4n) is 2.66. The summed E-state index contributed by atoms with van der Waals surface area (Å²) in [5.41, 5.74) is 2.16. The predicted octanol–water partition coefficient (Wildman–Crippen LogP) is 3.27. The van der Waals surface area contributed by atoms with Crippen molar-refractivity contribution >= 4 is 16.9 Å². The van der Waals surface area contributed by atoms with Gasteiger partial charge in [-0.15, -0.1) is 0 Å². The number of aliphatic hydroxyl groups is 1. The summed E-state index contributed by atoms with van der Waals surface area (Å²) >= 11 is 0. The van der Waals surface area contributed by atoms with Crippen LogP contribution in [0.1, 0.15) is 76.0 Å².